The van der Waals surface area contributed by atoms with Crippen LogP contribution in [0, 0.1) is 11.7 Å². The van der Waals surface area contributed by atoms with E-state index in [4.69, 9.17) is 19.2 Å². The topological polar surface area (TPSA) is 50.3 Å². The van der Waals surface area contributed by atoms with Gasteiger partial charge >= 0.3 is 0 Å². The number of fused-ring (bicyclic) bond motifs is 1. The van der Waals surface area contributed by atoms with Crippen molar-refractivity contribution in [2.24, 2.45) is 5.92 Å². The molecule has 3 aliphatic heterocycles. The molecule has 3 atom stereocenters. The summed E-state index contributed by atoms with van der Waals surface area (Å²) in [6, 6.07) is 12.2. The van der Waals surface area contributed by atoms with E-state index in [0.29, 0.717) is 51.0 Å². The van der Waals surface area contributed by atoms with Crippen LogP contribution in [-0.2, 0) is 14.2 Å². The standard InChI is InChI=1S/C30H43FN4O3/c1-36-17-18-38-20-19-37-16-11-24-23-35(29-22-26(10-12-32-29)33-13-3-2-4-14-33)28-9-6-15-34(30(24)28)27-8-5-7-25(31)21-27/h5,7-8,10,12,21-22,24,28,30H,2-4,6,9,11,13-20,23H2,1H3/t24-,28-,30-/m0/s1. The Balaban J connectivity index is 1.31. The van der Waals surface area contributed by atoms with Gasteiger partial charge in [0, 0.05) is 69.5 Å². The fourth-order valence-corrected chi connectivity index (χ4v) is 6.50. The number of anilines is 3. The molecule has 0 bridgehead atoms. The van der Waals surface area contributed by atoms with Gasteiger partial charge in [-0.15, -0.1) is 0 Å². The quantitative estimate of drug-likeness (QED) is 0.370. The predicted molar refractivity (Wildman–Crippen MR) is 150 cm³/mol. The van der Waals surface area contributed by atoms with Gasteiger partial charge in [0.05, 0.1) is 38.5 Å². The molecular weight excluding hydrogens is 483 g/mol. The highest BCUT2D eigenvalue weighted by Gasteiger charge is 2.47. The molecule has 0 saturated carbocycles. The van der Waals surface area contributed by atoms with Crippen LogP contribution in [0.25, 0.3) is 0 Å². The molecule has 208 valence electrons. The summed E-state index contributed by atoms with van der Waals surface area (Å²) in [5, 5.41) is 0. The van der Waals surface area contributed by atoms with Crippen molar-refractivity contribution in [3.8, 4) is 0 Å². The molecule has 0 N–H and O–H groups in total. The van der Waals surface area contributed by atoms with Crippen LogP contribution in [0.3, 0.4) is 0 Å². The minimum absolute atomic E-state index is 0.177. The molecule has 5 rings (SSSR count). The van der Waals surface area contributed by atoms with E-state index in [1.54, 1.807) is 13.2 Å². The van der Waals surface area contributed by atoms with Gasteiger partial charge in [0.1, 0.15) is 11.6 Å². The Bertz CT molecular complexity index is 1000. The minimum Gasteiger partial charge on any atom is -0.382 e. The summed E-state index contributed by atoms with van der Waals surface area (Å²) in [5.41, 5.74) is 2.26. The van der Waals surface area contributed by atoms with Crippen LogP contribution in [0.5, 0.6) is 0 Å². The molecule has 0 radical (unpaired) electrons. The second kappa shape index (κ2) is 13.6. The molecule has 38 heavy (non-hydrogen) atoms. The molecule has 4 heterocycles. The average molecular weight is 527 g/mol. The predicted octanol–water partition coefficient (Wildman–Crippen LogP) is 4.75. The first kappa shape index (κ1) is 27.2. The highest BCUT2D eigenvalue weighted by Crippen LogP contribution is 2.41. The zero-order valence-corrected chi connectivity index (χ0v) is 22.8. The van der Waals surface area contributed by atoms with E-state index in [1.165, 1.54) is 31.0 Å². The van der Waals surface area contributed by atoms with Crippen LogP contribution < -0.4 is 14.7 Å². The highest BCUT2D eigenvalue weighted by molar-refractivity contribution is 5.58. The number of rotatable bonds is 12. The van der Waals surface area contributed by atoms with Crippen LogP contribution in [-0.4, -0.2) is 83.4 Å². The lowest BCUT2D eigenvalue weighted by Crippen LogP contribution is -2.52. The molecule has 3 fully saturated rings. The Morgan fingerprint density at radius 1 is 0.868 bits per heavy atom. The molecule has 0 amide bonds. The third-order valence-electron chi connectivity index (χ3n) is 8.29. The summed E-state index contributed by atoms with van der Waals surface area (Å²) in [6.07, 6.45) is 8.97. The Labute approximate surface area is 226 Å². The van der Waals surface area contributed by atoms with E-state index in [9.17, 15) is 4.39 Å². The van der Waals surface area contributed by atoms with Crippen molar-refractivity contribution in [1.29, 1.82) is 0 Å². The zero-order chi connectivity index (χ0) is 26.2. The third-order valence-corrected chi connectivity index (χ3v) is 8.29. The van der Waals surface area contributed by atoms with Crippen molar-refractivity contribution < 1.29 is 18.6 Å². The first-order chi connectivity index (χ1) is 18.7. The maximum atomic E-state index is 14.2. The minimum atomic E-state index is -0.177. The van der Waals surface area contributed by atoms with Gasteiger partial charge in [-0.05, 0) is 62.8 Å². The van der Waals surface area contributed by atoms with Crippen molar-refractivity contribution in [2.75, 3.05) is 81.0 Å². The molecular formula is C30H43FN4O3. The smallest absolute Gasteiger partial charge is 0.130 e. The van der Waals surface area contributed by atoms with Gasteiger partial charge < -0.3 is 28.9 Å². The Hall–Kier alpha value is -2.42. The summed E-state index contributed by atoms with van der Waals surface area (Å²) in [5.74, 6) is 1.29. The van der Waals surface area contributed by atoms with Gasteiger partial charge in [0.25, 0.3) is 0 Å². The van der Waals surface area contributed by atoms with Gasteiger partial charge in [-0.25, -0.2) is 9.37 Å². The number of halogens is 1. The molecule has 0 unspecified atom stereocenters. The van der Waals surface area contributed by atoms with E-state index in [-0.39, 0.29) is 5.82 Å². The number of hydrogen-bond donors (Lipinski definition) is 0. The molecule has 8 heteroatoms. The summed E-state index contributed by atoms with van der Waals surface area (Å²) >= 11 is 0. The number of pyridine rings is 1. The normalized spacial score (nSPS) is 23.6. The van der Waals surface area contributed by atoms with Gasteiger partial charge in [-0.3, -0.25) is 0 Å². The summed E-state index contributed by atoms with van der Waals surface area (Å²) < 4.78 is 30.8. The molecule has 0 spiro atoms. The Morgan fingerprint density at radius 2 is 1.68 bits per heavy atom. The molecule has 2 aromatic rings. The number of ether oxygens (including phenoxy) is 3. The molecule has 7 nitrogen and oxygen atoms in total. The van der Waals surface area contributed by atoms with Crippen LogP contribution in [0.2, 0.25) is 0 Å². The maximum absolute atomic E-state index is 14.2. The first-order valence-electron chi connectivity index (χ1n) is 14.4. The van der Waals surface area contributed by atoms with Crippen LogP contribution in [0.15, 0.2) is 42.6 Å². The number of hydrogen-bond acceptors (Lipinski definition) is 7. The van der Waals surface area contributed by atoms with Gasteiger partial charge in [0.2, 0.25) is 0 Å². The number of nitrogens with zero attached hydrogens (tertiary/aromatic N) is 4. The number of methoxy groups -OCH3 is 1. The van der Waals surface area contributed by atoms with E-state index >= 15 is 0 Å². The monoisotopic (exact) mass is 526 g/mol. The number of aromatic nitrogens is 1. The Kier molecular flexibility index (Phi) is 9.71. The summed E-state index contributed by atoms with van der Waals surface area (Å²) in [6.45, 7) is 7.17. The molecule has 0 aliphatic carbocycles. The zero-order valence-electron chi connectivity index (χ0n) is 22.8. The lowest BCUT2D eigenvalue weighted by molar-refractivity contribution is 0.0217. The molecule has 3 saturated heterocycles. The van der Waals surface area contributed by atoms with Crippen LogP contribution >= 0.6 is 0 Å². The number of benzene rings is 1. The van der Waals surface area contributed by atoms with Crippen LogP contribution in [0.4, 0.5) is 21.6 Å². The highest BCUT2D eigenvalue weighted by atomic mass is 19.1. The van der Waals surface area contributed by atoms with E-state index in [0.717, 1.165) is 56.9 Å². The molecule has 1 aromatic heterocycles. The van der Waals surface area contributed by atoms with E-state index in [1.807, 2.05) is 18.3 Å². The van der Waals surface area contributed by atoms with Crippen molar-refractivity contribution in [1.82, 2.24) is 4.98 Å². The fraction of sp³-hybridized carbons (Fsp3) is 0.633. The van der Waals surface area contributed by atoms with Gasteiger partial charge in [-0.1, -0.05) is 6.07 Å². The molecule has 1 aromatic carbocycles. The van der Waals surface area contributed by atoms with E-state index < -0.39 is 0 Å². The maximum Gasteiger partial charge on any atom is 0.130 e. The lowest BCUT2D eigenvalue weighted by Gasteiger charge is -2.43. The summed E-state index contributed by atoms with van der Waals surface area (Å²) in [7, 11) is 1.68. The number of piperidine rings is 2. The van der Waals surface area contributed by atoms with E-state index in [2.05, 4.69) is 26.8 Å². The second-order valence-corrected chi connectivity index (χ2v) is 10.7. The largest absolute Gasteiger partial charge is 0.382 e. The lowest BCUT2D eigenvalue weighted by atomic mass is 9.88. The van der Waals surface area contributed by atoms with Crippen LogP contribution in [0.1, 0.15) is 38.5 Å². The van der Waals surface area contributed by atoms with Crippen molar-refractivity contribution >= 4 is 17.2 Å². The first-order valence-corrected chi connectivity index (χ1v) is 14.4. The van der Waals surface area contributed by atoms with Crippen molar-refractivity contribution in [2.45, 2.75) is 50.6 Å². The Morgan fingerprint density at radius 3 is 2.50 bits per heavy atom. The van der Waals surface area contributed by atoms with Gasteiger partial charge in [-0.2, -0.15) is 0 Å². The van der Waals surface area contributed by atoms with Gasteiger partial charge in [0.15, 0.2) is 0 Å². The fourth-order valence-electron chi connectivity index (χ4n) is 6.50. The van der Waals surface area contributed by atoms with Crippen molar-refractivity contribution in [3.05, 3.63) is 48.4 Å². The SMILES string of the molecule is COCCOCCOCC[C@H]1CN(c2cc(N3CCCCC3)ccn2)[C@H]2CCCN(c3cccc(F)c3)[C@@H]12. The average Bonchev–Trinajstić information content (AvgIpc) is 3.34. The summed E-state index contributed by atoms with van der Waals surface area (Å²) in [4.78, 5) is 12.3. The third kappa shape index (κ3) is 6.58. The van der Waals surface area contributed by atoms with Crippen molar-refractivity contribution in [3.63, 3.8) is 0 Å². The molecule has 3 aliphatic rings. The second-order valence-electron chi connectivity index (χ2n) is 10.7.